The average molecular weight is 334 g/mol. The van der Waals surface area contributed by atoms with Crippen LogP contribution in [0.5, 0.6) is 0 Å². The molecular formula is C15H15F5N2O. The predicted molar refractivity (Wildman–Crippen MR) is 72.1 cm³/mol. The molecule has 0 spiro atoms. The summed E-state index contributed by atoms with van der Waals surface area (Å²) in [6.45, 7) is -0.262. The number of fused-ring (bicyclic) bond motifs is 1. The molecule has 2 aliphatic heterocycles. The molecule has 1 aromatic rings. The molecule has 1 N–H and O–H groups in total. The van der Waals surface area contributed by atoms with E-state index >= 15 is 0 Å². The van der Waals surface area contributed by atoms with Gasteiger partial charge in [0.2, 0.25) is 0 Å². The van der Waals surface area contributed by atoms with Gasteiger partial charge in [0.05, 0.1) is 12.1 Å². The van der Waals surface area contributed by atoms with E-state index in [4.69, 9.17) is 0 Å². The van der Waals surface area contributed by atoms with Gasteiger partial charge in [0.25, 0.3) is 11.8 Å². The summed E-state index contributed by atoms with van der Waals surface area (Å²) in [5.74, 6) is -3.38. The van der Waals surface area contributed by atoms with E-state index in [2.05, 4.69) is 5.32 Å². The molecule has 1 fully saturated rings. The van der Waals surface area contributed by atoms with Crippen LogP contribution in [0.3, 0.4) is 0 Å². The molecule has 0 unspecified atom stereocenters. The van der Waals surface area contributed by atoms with Gasteiger partial charge >= 0.3 is 6.18 Å². The lowest BCUT2D eigenvalue weighted by Gasteiger charge is -2.32. The highest BCUT2D eigenvalue weighted by Crippen LogP contribution is 2.36. The van der Waals surface area contributed by atoms with E-state index in [9.17, 15) is 26.7 Å². The molecule has 0 aromatic heterocycles. The van der Waals surface area contributed by atoms with Crippen molar-refractivity contribution in [2.75, 3.05) is 13.1 Å². The minimum Gasteiger partial charge on any atom is -0.348 e. The number of nitrogens with zero attached hydrogens (tertiary/aromatic N) is 1. The number of halogens is 5. The van der Waals surface area contributed by atoms with Crippen LogP contribution in [-0.4, -0.2) is 29.8 Å². The maximum atomic E-state index is 13.4. The van der Waals surface area contributed by atoms with Gasteiger partial charge in [-0.05, 0) is 36.2 Å². The van der Waals surface area contributed by atoms with Crippen molar-refractivity contribution >= 4 is 5.91 Å². The lowest BCUT2D eigenvalue weighted by atomic mass is 9.98. The van der Waals surface area contributed by atoms with Crippen molar-refractivity contribution in [1.29, 1.82) is 0 Å². The van der Waals surface area contributed by atoms with E-state index in [0.29, 0.717) is 13.0 Å². The SMILES string of the molecule is O=C1NCc2c1cc(CN1CCCC(F)(F)C1)cc2C(F)(F)F. The summed E-state index contributed by atoms with van der Waals surface area (Å²) in [7, 11) is 0. The lowest BCUT2D eigenvalue weighted by Crippen LogP contribution is -2.42. The fraction of sp³-hybridized carbons (Fsp3) is 0.533. The van der Waals surface area contributed by atoms with Gasteiger partial charge in [-0.2, -0.15) is 13.2 Å². The molecule has 1 amide bonds. The van der Waals surface area contributed by atoms with Gasteiger partial charge in [-0.1, -0.05) is 0 Å². The minimum absolute atomic E-state index is 0.0152. The van der Waals surface area contributed by atoms with Gasteiger partial charge in [-0.3, -0.25) is 9.69 Å². The fourth-order valence-corrected chi connectivity index (χ4v) is 3.17. The smallest absolute Gasteiger partial charge is 0.348 e. The summed E-state index contributed by atoms with van der Waals surface area (Å²) in [4.78, 5) is 13.1. The first-order chi connectivity index (χ1) is 10.7. The Hall–Kier alpha value is -1.70. The summed E-state index contributed by atoms with van der Waals surface area (Å²) in [5, 5.41) is 2.37. The second-order valence-corrected chi connectivity index (χ2v) is 6.02. The number of benzene rings is 1. The third kappa shape index (κ3) is 3.31. The summed E-state index contributed by atoms with van der Waals surface area (Å²) >= 11 is 0. The monoisotopic (exact) mass is 334 g/mol. The van der Waals surface area contributed by atoms with Crippen molar-refractivity contribution in [3.8, 4) is 0 Å². The fourth-order valence-electron chi connectivity index (χ4n) is 3.17. The third-order valence-corrected chi connectivity index (χ3v) is 4.16. The first-order valence-corrected chi connectivity index (χ1v) is 7.27. The molecule has 1 aromatic carbocycles. The summed E-state index contributed by atoms with van der Waals surface area (Å²) in [5.41, 5.74) is -0.730. The number of alkyl halides is 5. The van der Waals surface area contributed by atoms with E-state index in [-0.39, 0.29) is 36.2 Å². The number of piperidine rings is 1. The first kappa shape index (κ1) is 16.2. The molecule has 2 heterocycles. The first-order valence-electron chi connectivity index (χ1n) is 7.27. The summed E-state index contributed by atoms with van der Waals surface area (Å²) in [6.07, 6.45) is -4.49. The zero-order valence-corrected chi connectivity index (χ0v) is 12.1. The van der Waals surface area contributed by atoms with Crippen LogP contribution in [0.2, 0.25) is 0 Å². The molecule has 2 aliphatic rings. The predicted octanol–water partition coefficient (Wildman–Crippen LogP) is 3.18. The quantitative estimate of drug-likeness (QED) is 0.843. The van der Waals surface area contributed by atoms with Crippen molar-refractivity contribution in [2.24, 2.45) is 0 Å². The molecule has 126 valence electrons. The van der Waals surface area contributed by atoms with Crippen molar-refractivity contribution in [3.05, 3.63) is 34.4 Å². The molecule has 3 nitrogen and oxygen atoms in total. The maximum Gasteiger partial charge on any atom is 0.416 e. The maximum absolute atomic E-state index is 13.4. The molecule has 0 bridgehead atoms. The number of carbonyl (C=O) groups is 1. The van der Waals surface area contributed by atoms with E-state index < -0.39 is 30.1 Å². The van der Waals surface area contributed by atoms with Gasteiger partial charge in [0.1, 0.15) is 0 Å². The van der Waals surface area contributed by atoms with Gasteiger partial charge in [0.15, 0.2) is 0 Å². The van der Waals surface area contributed by atoms with E-state index in [1.165, 1.54) is 11.0 Å². The summed E-state index contributed by atoms with van der Waals surface area (Å²) < 4.78 is 66.4. The Morgan fingerprint density at radius 1 is 1.26 bits per heavy atom. The zero-order valence-electron chi connectivity index (χ0n) is 12.1. The van der Waals surface area contributed by atoms with Crippen LogP contribution in [0.25, 0.3) is 0 Å². The molecule has 23 heavy (non-hydrogen) atoms. The second kappa shape index (κ2) is 5.43. The van der Waals surface area contributed by atoms with Crippen LogP contribution >= 0.6 is 0 Å². The highest BCUT2D eigenvalue weighted by molar-refractivity contribution is 5.99. The molecular weight excluding hydrogens is 319 g/mol. The van der Waals surface area contributed by atoms with Crippen LogP contribution in [0.15, 0.2) is 12.1 Å². The van der Waals surface area contributed by atoms with Gasteiger partial charge in [0, 0.05) is 25.1 Å². The van der Waals surface area contributed by atoms with Crippen LogP contribution in [0, 0.1) is 0 Å². The van der Waals surface area contributed by atoms with Crippen molar-refractivity contribution < 1.29 is 26.7 Å². The second-order valence-electron chi connectivity index (χ2n) is 6.02. The van der Waals surface area contributed by atoms with Crippen molar-refractivity contribution in [3.63, 3.8) is 0 Å². The summed E-state index contributed by atoms with van der Waals surface area (Å²) in [6, 6.07) is 2.34. The number of carbonyl (C=O) groups excluding carboxylic acids is 1. The van der Waals surface area contributed by atoms with Gasteiger partial charge in [-0.25, -0.2) is 8.78 Å². The molecule has 1 saturated heterocycles. The van der Waals surface area contributed by atoms with Gasteiger partial charge in [-0.15, -0.1) is 0 Å². The standard InChI is InChI=1S/C15H15F5N2O/c16-14(17)2-1-3-22(8-14)7-9-4-10-11(6-21-13(10)23)12(5-9)15(18,19)20/h4-5H,1-3,6-8H2,(H,21,23). The highest BCUT2D eigenvalue weighted by Gasteiger charge is 2.39. The number of hydrogen-bond donors (Lipinski definition) is 1. The minimum atomic E-state index is -4.59. The molecule has 0 atom stereocenters. The van der Waals surface area contributed by atoms with Crippen LogP contribution in [-0.2, 0) is 19.3 Å². The van der Waals surface area contributed by atoms with Crippen LogP contribution < -0.4 is 5.32 Å². The number of nitrogens with one attached hydrogen (secondary N) is 1. The number of amides is 1. The van der Waals surface area contributed by atoms with Crippen molar-refractivity contribution in [1.82, 2.24) is 10.2 Å². The molecule has 0 radical (unpaired) electrons. The van der Waals surface area contributed by atoms with E-state index in [1.807, 2.05) is 0 Å². The van der Waals surface area contributed by atoms with E-state index in [0.717, 1.165) is 6.07 Å². The highest BCUT2D eigenvalue weighted by atomic mass is 19.4. The molecule has 8 heteroatoms. The van der Waals surface area contributed by atoms with Crippen LogP contribution in [0.4, 0.5) is 22.0 Å². The Morgan fingerprint density at radius 3 is 2.65 bits per heavy atom. The van der Waals surface area contributed by atoms with Crippen molar-refractivity contribution in [2.45, 2.75) is 38.0 Å². The van der Waals surface area contributed by atoms with Crippen LogP contribution in [0.1, 0.15) is 39.9 Å². The van der Waals surface area contributed by atoms with Gasteiger partial charge < -0.3 is 5.32 Å². The Labute approximate surface area is 129 Å². The zero-order chi connectivity index (χ0) is 16.8. The normalized spacial score (nSPS) is 21.2. The van der Waals surface area contributed by atoms with E-state index in [1.54, 1.807) is 0 Å². The largest absolute Gasteiger partial charge is 0.416 e. The third-order valence-electron chi connectivity index (χ3n) is 4.16. The topological polar surface area (TPSA) is 32.3 Å². The molecule has 3 rings (SSSR count). The Kier molecular flexibility index (Phi) is 3.82. The number of hydrogen-bond acceptors (Lipinski definition) is 2. The number of rotatable bonds is 2. The number of likely N-dealkylation sites (tertiary alicyclic amines) is 1. The Balaban J connectivity index is 1.91. The average Bonchev–Trinajstić information content (AvgIpc) is 2.77. The lowest BCUT2D eigenvalue weighted by molar-refractivity contribution is -0.138. The molecule has 0 saturated carbocycles. The Bertz CT molecular complexity index is 641. The molecule has 0 aliphatic carbocycles. The Morgan fingerprint density at radius 2 is 2.00 bits per heavy atom.